The van der Waals surface area contributed by atoms with Crippen LogP contribution in [0.15, 0.2) is 0 Å². The minimum atomic E-state index is -0.533. The van der Waals surface area contributed by atoms with Crippen molar-refractivity contribution in [3.8, 4) is 0 Å². The predicted octanol–water partition coefficient (Wildman–Crippen LogP) is 3.49. The monoisotopic (exact) mass is 241 g/mol. The molecule has 1 rings (SSSR count). The Hall–Kier alpha value is -0.0800. The van der Waals surface area contributed by atoms with E-state index in [1.807, 2.05) is 13.8 Å². The molecule has 0 aromatic carbocycles. The van der Waals surface area contributed by atoms with Gasteiger partial charge in [-0.25, -0.2) is 0 Å². The molecule has 0 spiro atoms. The van der Waals surface area contributed by atoms with E-state index < -0.39 is 5.60 Å². The smallest absolute Gasteiger partial charge is 0.0741 e. The zero-order chi connectivity index (χ0) is 12.7. The molecule has 0 aromatic heterocycles. The van der Waals surface area contributed by atoms with Crippen molar-refractivity contribution in [1.82, 2.24) is 5.32 Å². The highest BCUT2D eigenvalue weighted by atomic mass is 16.3. The first-order valence-electron chi connectivity index (χ1n) is 7.53. The standard InChI is InChI=1S/C15H31NO/c1-4-7-13-8-6-9-14(11-10-13)16-12-15(3,17)5-2/h13-14,16-17H,4-12H2,1-3H3. The molecule has 0 amide bonds. The lowest BCUT2D eigenvalue weighted by Crippen LogP contribution is -2.42. The first-order chi connectivity index (χ1) is 8.07. The maximum atomic E-state index is 10.00. The quantitative estimate of drug-likeness (QED) is 0.698. The second-order valence-electron chi connectivity index (χ2n) is 6.09. The second-order valence-corrected chi connectivity index (χ2v) is 6.09. The van der Waals surface area contributed by atoms with Gasteiger partial charge in [0.1, 0.15) is 0 Å². The van der Waals surface area contributed by atoms with E-state index in [-0.39, 0.29) is 0 Å². The number of aliphatic hydroxyl groups is 1. The van der Waals surface area contributed by atoms with Gasteiger partial charge in [0.15, 0.2) is 0 Å². The molecule has 3 unspecified atom stereocenters. The minimum Gasteiger partial charge on any atom is -0.389 e. The van der Waals surface area contributed by atoms with Crippen molar-refractivity contribution in [3.63, 3.8) is 0 Å². The van der Waals surface area contributed by atoms with Crippen LogP contribution in [-0.2, 0) is 0 Å². The van der Waals surface area contributed by atoms with Gasteiger partial charge in [-0.05, 0) is 38.5 Å². The van der Waals surface area contributed by atoms with E-state index in [2.05, 4.69) is 12.2 Å². The summed E-state index contributed by atoms with van der Waals surface area (Å²) < 4.78 is 0. The predicted molar refractivity (Wildman–Crippen MR) is 74.2 cm³/mol. The van der Waals surface area contributed by atoms with Gasteiger partial charge in [0.05, 0.1) is 5.60 Å². The molecule has 2 heteroatoms. The Labute approximate surface area is 107 Å². The molecule has 0 aromatic rings. The Balaban J connectivity index is 2.27. The summed E-state index contributed by atoms with van der Waals surface area (Å²) in [5, 5.41) is 13.6. The second kappa shape index (κ2) is 7.38. The van der Waals surface area contributed by atoms with E-state index in [0.717, 1.165) is 18.9 Å². The molecule has 1 saturated carbocycles. The van der Waals surface area contributed by atoms with Gasteiger partial charge in [-0.1, -0.05) is 39.5 Å². The number of rotatable bonds is 6. The van der Waals surface area contributed by atoms with Crippen LogP contribution >= 0.6 is 0 Å². The van der Waals surface area contributed by atoms with Crippen LogP contribution in [0.2, 0.25) is 0 Å². The fraction of sp³-hybridized carbons (Fsp3) is 1.00. The molecule has 0 heterocycles. The molecule has 1 fully saturated rings. The van der Waals surface area contributed by atoms with E-state index >= 15 is 0 Å². The summed E-state index contributed by atoms with van der Waals surface area (Å²) >= 11 is 0. The normalized spacial score (nSPS) is 29.6. The van der Waals surface area contributed by atoms with Gasteiger partial charge < -0.3 is 10.4 Å². The summed E-state index contributed by atoms with van der Waals surface area (Å²) in [7, 11) is 0. The highest BCUT2D eigenvalue weighted by Gasteiger charge is 2.22. The highest BCUT2D eigenvalue weighted by Crippen LogP contribution is 2.26. The summed E-state index contributed by atoms with van der Waals surface area (Å²) in [5.41, 5.74) is -0.533. The molecule has 17 heavy (non-hydrogen) atoms. The summed E-state index contributed by atoms with van der Waals surface area (Å²) in [4.78, 5) is 0. The third kappa shape index (κ3) is 5.87. The summed E-state index contributed by atoms with van der Waals surface area (Å²) in [6.45, 7) is 7.01. The molecule has 3 atom stereocenters. The van der Waals surface area contributed by atoms with E-state index in [4.69, 9.17) is 0 Å². The molecule has 102 valence electrons. The number of hydrogen-bond acceptors (Lipinski definition) is 2. The largest absolute Gasteiger partial charge is 0.389 e. The molecule has 2 N–H and O–H groups in total. The van der Waals surface area contributed by atoms with E-state index in [0.29, 0.717) is 6.04 Å². The fourth-order valence-corrected chi connectivity index (χ4v) is 2.77. The van der Waals surface area contributed by atoms with Crippen LogP contribution in [0.5, 0.6) is 0 Å². The van der Waals surface area contributed by atoms with Crippen LogP contribution in [0.1, 0.15) is 72.1 Å². The molecule has 0 bridgehead atoms. The fourth-order valence-electron chi connectivity index (χ4n) is 2.77. The highest BCUT2D eigenvalue weighted by molar-refractivity contribution is 4.80. The zero-order valence-corrected chi connectivity index (χ0v) is 12.0. The van der Waals surface area contributed by atoms with Gasteiger partial charge in [-0.2, -0.15) is 0 Å². The van der Waals surface area contributed by atoms with Crippen molar-refractivity contribution in [2.24, 2.45) is 5.92 Å². The SMILES string of the molecule is CCCC1CCCC(NCC(C)(O)CC)CC1. The van der Waals surface area contributed by atoms with E-state index in [1.165, 1.54) is 44.9 Å². The van der Waals surface area contributed by atoms with Crippen LogP contribution in [0.3, 0.4) is 0 Å². The first-order valence-corrected chi connectivity index (χ1v) is 7.53. The number of hydrogen-bond donors (Lipinski definition) is 2. The lowest BCUT2D eigenvalue weighted by Gasteiger charge is -2.25. The molecule has 0 aliphatic heterocycles. The Morgan fingerprint density at radius 3 is 2.59 bits per heavy atom. The van der Waals surface area contributed by atoms with E-state index in [9.17, 15) is 5.11 Å². The first kappa shape index (κ1) is 15.0. The molecule has 1 aliphatic rings. The molecular formula is C15H31NO. The van der Waals surface area contributed by atoms with Crippen LogP contribution < -0.4 is 5.32 Å². The average Bonchev–Trinajstić information content (AvgIpc) is 2.53. The van der Waals surface area contributed by atoms with Crippen molar-refractivity contribution in [2.45, 2.75) is 83.8 Å². The Morgan fingerprint density at radius 2 is 1.94 bits per heavy atom. The van der Waals surface area contributed by atoms with Gasteiger partial charge in [-0.15, -0.1) is 0 Å². The number of nitrogens with one attached hydrogen (secondary N) is 1. The van der Waals surface area contributed by atoms with Crippen molar-refractivity contribution < 1.29 is 5.11 Å². The molecule has 2 nitrogen and oxygen atoms in total. The van der Waals surface area contributed by atoms with Crippen molar-refractivity contribution in [2.75, 3.05) is 6.54 Å². The maximum absolute atomic E-state index is 10.00. The van der Waals surface area contributed by atoms with Gasteiger partial charge >= 0.3 is 0 Å². The van der Waals surface area contributed by atoms with Crippen LogP contribution in [0.4, 0.5) is 0 Å². The molecular weight excluding hydrogens is 210 g/mol. The van der Waals surface area contributed by atoms with Gasteiger partial charge in [0.25, 0.3) is 0 Å². The minimum absolute atomic E-state index is 0.533. The summed E-state index contributed by atoms with van der Waals surface area (Å²) in [6, 6.07) is 0.634. The van der Waals surface area contributed by atoms with Crippen molar-refractivity contribution in [3.05, 3.63) is 0 Å². The summed E-state index contributed by atoms with van der Waals surface area (Å²) in [5.74, 6) is 0.957. The Morgan fingerprint density at radius 1 is 1.18 bits per heavy atom. The Kier molecular flexibility index (Phi) is 6.50. The Bertz CT molecular complexity index is 203. The molecule has 1 aliphatic carbocycles. The lowest BCUT2D eigenvalue weighted by atomic mass is 9.95. The summed E-state index contributed by atoms with van der Waals surface area (Å²) in [6.07, 6.45) is 10.3. The van der Waals surface area contributed by atoms with Gasteiger partial charge in [0, 0.05) is 12.6 Å². The van der Waals surface area contributed by atoms with Crippen molar-refractivity contribution >= 4 is 0 Å². The maximum Gasteiger partial charge on any atom is 0.0741 e. The van der Waals surface area contributed by atoms with Crippen LogP contribution in [0.25, 0.3) is 0 Å². The zero-order valence-electron chi connectivity index (χ0n) is 12.0. The van der Waals surface area contributed by atoms with Gasteiger partial charge in [0.2, 0.25) is 0 Å². The van der Waals surface area contributed by atoms with Crippen LogP contribution in [0, 0.1) is 5.92 Å². The third-order valence-corrected chi connectivity index (χ3v) is 4.32. The molecule has 0 radical (unpaired) electrons. The third-order valence-electron chi connectivity index (χ3n) is 4.32. The van der Waals surface area contributed by atoms with Crippen molar-refractivity contribution in [1.29, 1.82) is 0 Å². The van der Waals surface area contributed by atoms with E-state index in [1.54, 1.807) is 0 Å². The molecule has 0 saturated heterocycles. The van der Waals surface area contributed by atoms with Gasteiger partial charge in [-0.3, -0.25) is 0 Å². The average molecular weight is 241 g/mol. The lowest BCUT2D eigenvalue weighted by molar-refractivity contribution is 0.0522. The van der Waals surface area contributed by atoms with Crippen LogP contribution in [-0.4, -0.2) is 23.3 Å². The topological polar surface area (TPSA) is 32.3 Å².